The van der Waals surface area contributed by atoms with Crippen LogP contribution in [0.3, 0.4) is 0 Å². The lowest BCUT2D eigenvalue weighted by molar-refractivity contribution is -0.161. The molecule has 0 aromatic rings. The molecule has 0 saturated carbocycles. The molecule has 0 rings (SSSR count). The van der Waals surface area contributed by atoms with Crippen molar-refractivity contribution in [2.45, 2.75) is 291 Å². The molecular weight excluding hydrogens is 1050 g/mol. The van der Waals surface area contributed by atoms with Gasteiger partial charge in [-0.05, 0) is 57.3 Å². The number of esters is 4. The van der Waals surface area contributed by atoms with E-state index in [0.717, 1.165) is 128 Å². The molecule has 0 fully saturated rings. The highest BCUT2D eigenvalue weighted by Gasteiger charge is 2.30. The number of aliphatic hydroxyl groups is 1. The number of rotatable bonds is 58. The van der Waals surface area contributed by atoms with E-state index in [0.29, 0.717) is 25.7 Å². The molecule has 5 atom stereocenters. The Balaban J connectivity index is 5.20. The Bertz CT molecular complexity index is 1640. The van der Waals surface area contributed by atoms with E-state index in [9.17, 15) is 43.2 Å². The second-order valence-electron chi connectivity index (χ2n) is 21.5. The van der Waals surface area contributed by atoms with Gasteiger partial charge in [-0.15, -0.1) is 0 Å². The third-order valence-corrected chi connectivity index (χ3v) is 15.1. The summed E-state index contributed by atoms with van der Waals surface area (Å²) in [4.78, 5) is 71.6. The average Bonchev–Trinajstić information content (AvgIpc) is 3.41. The van der Waals surface area contributed by atoms with E-state index in [-0.39, 0.29) is 25.7 Å². The first kappa shape index (κ1) is 76.5. The average molecular weight is 1170 g/mol. The summed E-state index contributed by atoms with van der Waals surface area (Å²) in [6.45, 7) is 6.94. The smallest absolute Gasteiger partial charge is 0.462 e. The Hall–Kier alpha value is -2.46. The van der Waals surface area contributed by atoms with E-state index in [1.807, 2.05) is 0 Å². The number of aliphatic hydroxyl groups excluding tert-OH is 1. The van der Waals surface area contributed by atoms with Gasteiger partial charge in [0, 0.05) is 25.7 Å². The van der Waals surface area contributed by atoms with Crippen LogP contribution in [0.15, 0.2) is 24.3 Å². The van der Waals surface area contributed by atoms with Crippen LogP contribution in [0.1, 0.15) is 272 Å². The summed E-state index contributed by atoms with van der Waals surface area (Å²) >= 11 is 0. The summed E-state index contributed by atoms with van der Waals surface area (Å²) in [5, 5.41) is 10.5. The maximum atomic E-state index is 12.9. The van der Waals surface area contributed by atoms with Gasteiger partial charge in [-0.25, -0.2) is 9.13 Å². The molecule has 17 nitrogen and oxygen atoms in total. The fraction of sp³-hybridized carbons (Fsp3) is 0.867. The van der Waals surface area contributed by atoms with Gasteiger partial charge in [-0.3, -0.25) is 37.3 Å². The quantitative estimate of drug-likeness (QED) is 0.0169. The predicted octanol–water partition coefficient (Wildman–Crippen LogP) is 15.8. The molecule has 0 aromatic heterocycles. The van der Waals surface area contributed by atoms with E-state index < -0.39 is 97.5 Å². The van der Waals surface area contributed by atoms with Crippen LogP contribution in [0.2, 0.25) is 0 Å². The SMILES string of the molecule is CCCCCC/C=C\C=C/CCCCCCCC(=O)O[C@H](COC(=O)CCCCCCCCCCCC(C)C)COP(=O)(O)OC[C@@H](O)COP(=O)(O)OC[C@@H](COC(=O)CCCCCCC)OC(=O)CCCCCCCCC. The van der Waals surface area contributed by atoms with Crippen molar-refractivity contribution in [3.8, 4) is 0 Å². The highest BCUT2D eigenvalue weighted by atomic mass is 31.2. The molecule has 0 aliphatic heterocycles. The molecule has 3 N–H and O–H groups in total. The third-order valence-electron chi connectivity index (χ3n) is 13.2. The van der Waals surface area contributed by atoms with Crippen molar-refractivity contribution < 1.29 is 80.2 Å². The molecule has 464 valence electrons. The molecule has 79 heavy (non-hydrogen) atoms. The molecule has 0 aliphatic rings. The van der Waals surface area contributed by atoms with E-state index in [1.54, 1.807) is 0 Å². The molecule has 19 heteroatoms. The van der Waals surface area contributed by atoms with Crippen molar-refractivity contribution in [1.29, 1.82) is 0 Å². The zero-order valence-corrected chi connectivity index (χ0v) is 51.8. The Morgan fingerprint density at radius 1 is 0.392 bits per heavy atom. The summed E-state index contributed by atoms with van der Waals surface area (Å²) in [5.41, 5.74) is 0. The molecule has 0 aliphatic carbocycles. The maximum absolute atomic E-state index is 12.9. The molecular formula is C60H112O17P2. The number of ether oxygens (including phenoxy) is 4. The number of unbranched alkanes of at least 4 members (excludes halogenated alkanes) is 27. The molecule has 0 heterocycles. The van der Waals surface area contributed by atoms with Crippen molar-refractivity contribution >= 4 is 39.5 Å². The van der Waals surface area contributed by atoms with Crippen molar-refractivity contribution in [3.05, 3.63) is 24.3 Å². The summed E-state index contributed by atoms with van der Waals surface area (Å²) in [5.74, 6) is -1.44. The minimum Gasteiger partial charge on any atom is -0.462 e. The number of hydrogen-bond acceptors (Lipinski definition) is 15. The zero-order chi connectivity index (χ0) is 58.5. The number of allylic oxidation sites excluding steroid dienone is 4. The standard InChI is InChI=1S/C60H112O17P2/c1-6-9-12-15-17-18-19-20-21-22-23-26-31-36-41-46-60(65)77-56(50-71-58(63)44-39-34-30-27-24-25-29-33-37-42-53(4)5)52-75-79(68,69)73-48-54(61)47-72-78(66,67)74-51-55(49-70-57(62)43-38-32-14-11-8-3)76-59(64)45-40-35-28-16-13-10-7-2/h18-21,53-56,61H,6-17,22-52H2,1-5H3,(H,66,67)(H,68,69)/b19-18-,21-20-/t54-,55+,56+/m0/s1. The maximum Gasteiger partial charge on any atom is 0.472 e. The number of carbonyl (C=O) groups is 4. The number of hydrogen-bond donors (Lipinski definition) is 3. The van der Waals surface area contributed by atoms with Crippen molar-refractivity contribution in [2.24, 2.45) is 5.92 Å². The summed E-state index contributed by atoms with van der Waals surface area (Å²) in [6, 6.07) is 0. The normalized spacial score (nSPS) is 14.5. The van der Waals surface area contributed by atoms with Gasteiger partial charge in [0.15, 0.2) is 12.2 Å². The molecule has 0 amide bonds. The van der Waals surface area contributed by atoms with Gasteiger partial charge in [0.1, 0.15) is 19.3 Å². The molecule has 2 unspecified atom stereocenters. The first-order valence-electron chi connectivity index (χ1n) is 31.0. The van der Waals surface area contributed by atoms with Crippen LogP contribution >= 0.6 is 15.6 Å². The van der Waals surface area contributed by atoms with Crippen LogP contribution in [0.5, 0.6) is 0 Å². The topological polar surface area (TPSA) is 237 Å². The van der Waals surface area contributed by atoms with Crippen molar-refractivity contribution in [3.63, 3.8) is 0 Å². The summed E-state index contributed by atoms with van der Waals surface area (Å²) in [6.07, 6.45) is 38.9. The lowest BCUT2D eigenvalue weighted by Gasteiger charge is -2.21. The van der Waals surface area contributed by atoms with Crippen molar-refractivity contribution in [1.82, 2.24) is 0 Å². The fourth-order valence-electron chi connectivity index (χ4n) is 8.33. The Morgan fingerprint density at radius 3 is 1.04 bits per heavy atom. The Morgan fingerprint density at radius 2 is 0.684 bits per heavy atom. The molecule has 0 saturated heterocycles. The first-order valence-corrected chi connectivity index (χ1v) is 33.9. The molecule has 0 radical (unpaired) electrons. The van der Waals surface area contributed by atoms with Gasteiger partial charge in [-0.2, -0.15) is 0 Å². The van der Waals surface area contributed by atoms with Gasteiger partial charge in [-0.1, -0.05) is 219 Å². The zero-order valence-electron chi connectivity index (χ0n) is 50.0. The van der Waals surface area contributed by atoms with Gasteiger partial charge < -0.3 is 33.8 Å². The van der Waals surface area contributed by atoms with E-state index >= 15 is 0 Å². The van der Waals surface area contributed by atoms with Crippen LogP contribution in [0, 0.1) is 5.92 Å². The van der Waals surface area contributed by atoms with E-state index in [2.05, 4.69) is 58.9 Å². The third kappa shape index (κ3) is 54.5. The Kier molecular flexibility index (Phi) is 51.9. The number of phosphoric ester groups is 2. The minimum atomic E-state index is -4.95. The van der Waals surface area contributed by atoms with Gasteiger partial charge in [0.2, 0.25) is 0 Å². The summed E-state index contributed by atoms with van der Waals surface area (Å²) in [7, 11) is -9.88. The molecule has 0 aromatic carbocycles. The van der Waals surface area contributed by atoms with Crippen LogP contribution in [-0.4, -0.2) is 96.7 Å². The second-order valence-corrected chi connectivity index (χ2v) is 24.4. The van der Waals surface area contributed by atoms with Gasteiger partial charge in [0.05, 0.1) is 26.4 Å². The fourth-order valence-corrected chi connectivity index (χ4v) is 9.91. The van der Waals surface area contributed by atoms with Gasteiger partial charge >= 0.3 is 39.5 Å². The lowest BCUT2D eigenvalue weighted by Crippen LogP contribution is -2.30. The van der Waals surface area contributed by atoms with Crippen LogP contribution in [-0.2, 0) is 65.4 Å². The predicted molar refractivity (Wildman–Crippen MR) is 312 cm³/mol. The van der Waals surface area contributed by atoms with Crippen LogP contribution in [0.25, 0.3) is 0 Å². The van der Waals surface area contributed by atoms with Gasteiger partial charge in [0.25, 0.3) is 0 Å². The van der Waals surface area contributed by atoms with E-state index in [1.165, 1.54) is 64.2 Å². The van der Waals surface area contributed by atoms with Crippen LogP contribution < -0.4 is 0 Å². The van der Waals surface area contributed by atoms with E-state index in [4.69, 9.17) is 37.0 Å². The second kappa shape index (κ2) is 53.5. The lowest BCUT2D eigenvalue weighted by atomic mass is 10.0. The number of carbonyl (C=O) groups excluding carboxylic acids is 4. The Labute approximate surface area is 478 Å². The first-order chi connectivity index (χ1) is 38.0. The highest BCUT2D eigenvalue weighted by molar-refractivity contribution is 7.47. The summed E-state index contributed by atoms with van der Waals surface area (Å²) < 4.78 is 67.5. The highest BCUT2D eigenvalue weighted by Crippen LogP contribution is 2.45. The largest absolute Gasteiger partial charge is 0.472 e. The van der Waals surface area contributed by atoms with Crippen LogP contribution in [0.4, 0.5) is 0 Å². The minimum absolute atomic E-state index is 0.0844. The monoisotopic (exact) mass is 1170 g/mol. The molecule has 0 spiro atoms. The van der Waals surface area contributed by atoms with Crippen molar-refractivity contribution in [2.75, 3.05) is 39.6 Å². The number of phosphoric acid groups is 2. The molecule has 0 bridgehead atoms.